The maximum Gasteiger partial charge on any atom is 0.257 e. The Bertz CT molecular complexity index is 1020. The van der Waals surface area contributed by atoms with E-state index in [-0.39, 0.29) is 5.91 Å². The number of nitrogens with one attached hydrogen (secondary N) is 1. The molecule has 7 nitrogen and oxygen atoms in total. The number of amides is 1. The smallest absolute Gasteiger partial charge is 0.257 e. The van der Waals surface area contributed by atoms with E-state index in [1.54, 1.807) is 24.3 Å². The van der Waals surface area contributed by atoms with Crippen LogP contribution in [0.2, 0.25) is 0 Å². The van der Waals surface area contributed by atoms with Gasteiger partial charge in [0.25, 0.3) is 5.91 Å². The highest BCUT2D eigenvalue weighted by Gasteiger charge is 2.10. The van der Waals surface area contributed by atoms with Crippen molar-refractivity contribution in [2.24, 2.45) is 0 Å². The highest BCUT2D eigenvalue weighted by Crippen LogP contribution is 2.25. The summed E-state index contributed by atoms with van der Waals surface area (Å²) >= 11 is 1.40. The number of anilines is 1. The number of thiazole rings is 1. The maximum absolute atomic E-state index is 12.4. The molecule has 0 fully saturated rings. The van der Waals surface area contributed by atoms with E-state index in [0.717, 1.165) is 16.9 Å². The van der Waals surface area contributed by atoms with Crippen LogP contribution in [0.4, 0.5) is 5.13 Å². The second-order valence-corrected chi connectivity index (χ2v) is 6.52. The highest BCUT2D eigenvalue weighted by atomic mass is 32.1. The summed E-state index contributed by atoms with van der Waals surface area (Å²) in [5.41, 5.74) is 4.39. The molecule has 26 heavy (non-hydrogen) atoms. The molecule has 2 heterocycles. The molecule has 2 aromatic carbocycles. The molecule has 1 N–H and O–H groups in total. The molecule has 0 unspecified atom stereocenters. The second kappa shape index (κ2) is 6.85. The van der Waals surface area contributed by atoms with Gasteiger partial charge < -0.3 is 0 Å². The molecule has 0 saturated heterocycles. The monoisotopic (exact) mass is 362 g/mol. The third-order valence-electron chi connectivity index (χ3n) is 3.82. The Hall–Kier alpha value is -3.39. The quantitative estimate of drug-likeness (QED) is 0.602. The Labute approximate surface area is 153 Å². The number of hydrogen-bond donors (Lipinski definition) is 1. The molecule has 0 aliphatic carbocycles. The van der Waals surface area contributed by atoms with Gasteiger partial charge in [0.15, 0.2) is 5.13 Å². The minimum atomic E-state index is -0.210. The Morgan fingerprint density at radius 2 is 1.85 bits per heavy atom. The average molecular weight is 362 g/mol. The van der Waals surface area contributed by atoms with Crippen molar-refractivity contribution in [3.05, 3.63) is 71.4 Å². The van der Waals surface area contributed by atoms with Crippen molar-refractivity contribution in [1.29, 1.82) is 0 Å². The maximum atomic E-state index is 12.4. The van der Waals surface area contributed by atoms with Crippen molar-refractivity contribution in [3.8, 4) is 16.9 Å². The van der Waals surface area contributed by atoms with Crippen LogP contribution < -0.4 is 5.32 Å². The van der Waals surface area contributed by atoms with Gasteiger partial charge in [-0.05, 0) is 41.6 Å². The van der Waals surface area contributed by atoms with Crippen LogP contribution in [-0.4, -0.2) is 31.1 Å². The second-order valence-electron chi connectivity index (χ2n) is 5.66. The first-order valence-electron chi connectivity index (χ1n) is 7.86. The van der Waals surface area contributed by atoms with Gasteiger partial charge in [0.05, 0.1) is 11.4 Å². The lowest BCUT2D eigenvalue weighted by Gasteiger charge is -2.03. The lowest BCUT2D eigenvalue weighted by molar-refractivity contribution is 0.102. The van der Waals surface area contributed by atoms with Crippen molar-refractivity contribution < 1.29 is 4.79 Å². The van der Waals surface area contributed by atoms with E-state index >= 15 is 0 Å². The number of rotatable bonds is 4. The minimum Gasteiger partial charge on any atom is -0.298 e. The van der Waals surface area contributed by atoms with Crippen molar-refractivity contribution in [2.75, 3.05) is 5.32 Å². The summed E-state index contributed by atoms with van der Waals surface area (Å²) in [6.45, 7) is 2.04. The molecule has 4 aromatic rings. The zero-order chi connectivity index (χ0) is 17.9. The summed E-state index contributed by atoms with van der Waals surface area (Å²) in [4.78, 5) is 16.9. The van der Waals surface area contributed by atoms with Crippen molar-refractivity contribution in [2.45, 2.75) is 6.92 Å². The van der Waals surface area contributed by atoms with Crippen molar-refractivity contribution in [3.63, 3.8) is 0 Å². The van der Waals surface area contributed by atoms with Crippen LogP contribution in [0.15, 0.2) is 60.2 Å². The van der Waals surface area contributed by atoms with Crippen LogP contribution >= 0.6 is 11.3 Å². The molecule has 8 heteroatoms. The standard InChI is InChI=1S/C18H14N6OS/c1-12-2-4-13(5-3-12)16-10-26-18(20-16)21-17(25)14-6-8-15(9-7-14)24-11-19-22-23-24/h2-11H,1H3,(H,20,21,25). The van der Waals surface area contributed by atoms with Crippen LogP contribution in [0, 0.1) is 6.92 Å². The van der Waals surface area contributed by atoms with Gasteiger partial charge in [0.1, 0.15) is 6.33 Å². The topological polar surface area (TPSA) is 85.6 Å². The number of tetrazole rings is 1. The number of hydrogen-bond acceptors (Lipinski definition) is 6. The molecular weight excluding hydrogens is 348 g/mol. The van der Waals surface area contributed by atoms with Crippen LogP contribution in [0.1, 0.15) is 15.9 Å². The summed E-state index contributed by atoms with van der Waals surface area (Å²) in [6, 6.07) is 15.1. The molecule has 0 aliphatic heterocycles. The molecule has 0 bridgehead atoms. The lowest BCUT2D eigenvalue weighted by Crippen LogP contribution is -2.11. The normalized spacial score (nSPS) is 10.7. The van der Waals surface area contributed by atoms with Crippen molar-refractivity contribution >= 4 is 22.4 Å². The molecule has 0 radical (unpaired) electrons. The number of aryl methyl sites for hydroxylation is 1. The van der Waals surface area contributed by atoms with Gasteiger partial charge in [-0.15, -0.1) is 16.4 Å². The number of nitrogens with zero attached hydrogens (tertiary/aromatic N) is 5. The molecule has 2 aromatic heterocycles. The first-order chi connectivity index (χ1) is 12.7. The van der Waals surface area contributed by atoms with E-state index in [1.807, 2.05) is 36.6 Å². The number of carbonyl (C=O) groups is 1. The van der Waals surface area contributed by atoms with Gasteiger partial charge in [-0.25, -0.2) is 9.67 Å². The van der Waals surface area contributed by atoms with Crippen LogP contribution in [0.5, 0.6) is 0 Å². The number of carbonyl (C=O) groups excluding carboxylic acids is 1. The largest absolute Gasteiger partial charge is 0.298 e. The molecule has 4 rings (SSSR count). The first kappa shape index (κ1) is 16.1. The zero-order valence-corrected chi connectivity index (χ0v) is 14.6. The van der Waals surface area contributed by atoms with Gasteiger partial charge in [-0.1, -0.05) is 29.8 Å². The molecule has 1 amide bonds. The summed E-state index contributed by atoms with van der Waals surface area (Å²) in [5, 5.41) is 16.3. The molecule has 0 saturated carbocycles. The minimum absolute atomic E-state index is 0.210. The highest BCUT2D eigenvalue weighted by molar-refractivity contribution is 7.14. The van der Waals surface area contributed by atoms with E-state index in [2.05, 4.69) is 25.8 Å². The third-order valence-corrected chi connectivity index (χ3v) is 4.57. The van der Waals surface area contributed by atoms with Crippen LogP contribution in [-0.2, 0) is 0 Å². The third kappa shape index (κ3) is 3.35. The Morgan fingerprint density at radius 1 is 1.08 bits per heavy atom. The zero-order valence-electron chi connectivity index (χ0n) is 13.8. The van der Waals surface area contributed by atoms with Crippen LogP contribution in [0.25, 0.3) is 16.9 Å². The Kier molecular flexibility index (Phi) is 4.24. The van der Waals surface area contributed by atoms with E-state index in [4.69, 9.17) is 0 Å². The van der Waals surface area contributed by atoms with Crippen LogP contribution in [0.3, 0.4) is 0 Å². The molecule has 0 spiro atoms. The fourth-order valence-electron chi connectivity index (χ4n) is 2.40. The summed E-state index contributed by atoms with van der Waals surface area (Å²) < 4.78 is 1.52. The SMILES string of the molecule is Cc1ccc(-c2csc(NC(=O)c3ccc(-n4cnnn4)cc3)n2)cc1. The van der Waals surface area contributed by atoms with Gasteiger partial charge >= 0.3 is 0 Å². The predicted molar refractivity (Wildman–Crippen MR) is 99.4 cm³/mol. The predicted octanol–water partition coefficient (Wildman–Crippen LogP) is 3.35. The molecule has 128 valence electrons. The van der Waals surface area contributed by atoms with E-state index in [9.17, 15) is 4.79 Å². The first-order valence-corrected chi connectivity index (χ1v) is 8.74. The number of benzene rings is 2. The Balaban J connectivity index is 1.47. The van der Waals surface area contributed by atoms with Gasteiger partial charge in [-0.2, -0.15) is 0 Å². The molecular formula is C18H14N6OS. The van der Waals surface area contributed by atoms with E-state index in [0.29, 0.717) is 10.7 Å². The molecule has 0 aliphatic rings. The van der Waals surface area contributed by atoms with Gasteiger partial charge in [-0.3, -0.25) is 10.1 Å². The van der Waals surface area contributed by atoms with E-state index < -0.39 is 0 Å². The lowest BCUT2D eigenvalue weighted by atomic mass is 10.1. The number of aromatic nitrogens is 5. The summed E-state index contributed by atoms with van der Waals surface area (Å²) in [7, 11) is 0. The van der Waals surface area contributed by atoms with Gasteiger partial charge in [0, 0.05) is 16.5 Å². The summed E-state index contributed by atoms with van der Waals surface area (Å²) in [5.74, 6) is -0.210. The fraction of sp³-hybridized carbons (Fsp3) is 0.0556. The van der Waals surface area contributed by atoms with E-state index in [1.165, 1.54) is 27.9 Å². The Morgan fingerprint density at radius 3 is 2.54 bits per heavy atom. The molecule has 0 atom stereocenters. The average Bonchev–Trinajstić information content (AvgIpc) is 3.35. The van der Waals surface area contributed by atoms with Gasteiger partial charge in [0.2, 0.25) is 0 Å². The summed E-state index contributed by atoms with van der Waals surface area (Å²) in [6.07, 6.45) is 1.50. The fourth-order valence-corrected chi connectivity index (χ4v) is 3.12. The van der Waals surface area contributed by atoms with Crippen molar-refractivity contribution in [1.82, 2.24) is 25.2 Å².